The third kappa shape index (κ3) is 11.3. The van der Waals surface area contributed by atoms with Crippen LogP contribution in [0.3, 0.4) is 0 Å². The fourth-order valence-electron chi connectivity index (χ4n) is 7.87. The highest BCUT2D eigenvalue weighted by molar-refractivity contribution is 5.87. The SMILES string of the molecule is CCC(C)C(C(CC(=O)N1CC(N)CC1C(OC)C(C)C(=O)NC(C)C(O)C1(C)C=CC=CC1)OC)N(C)C(=O)CNC(=O)C(C(C)C)N(C)C. The summed E-state index contributed by atoms with van der Waals surface area (Å²) in [4.78, 5) is 59.2. The molecule has 0 aromatic rings. The molecule has 5 N–H and O–H groups in total. The molecule has 11 atom stereocenters. The molecule has 0 aromatic carbocycles. The number of ether oxygens (including phenoxy) is 2. The van der Waals surface area contributed by atoms with E-state index in [1.54, 1.807) is 30.7 Å². The smallest absolute Gasteiger partial charge is 0.242 e. The van der Waals surface area contributed by atoms with Crippen molar-refractivity contribution in [2.75, 3.05) is 48.5 Å². The molecule has 2 aliphatic rings. The number of nitrogens with one attached hydrogen (secondary N) is 2. The standard InChI is InChI=1S/C38H68N6O7/c1-13-24(4)33(43(10)31(46)21-40-37(49)32(23(2)3)42(8)9)29(50-11)20-30(45)44-22-27(39)19-28(44)34(51-12)25(5)36(48)41-26(6)35(47)38(7)17-15-14-16-18-38/h14-17,23-29,32-35,47H,13,18-22,39H2,1-12H3,(H,40,49)(H,41,48). The lowest BCUT2D eigenvalue weighted by molar-refractivity contribution is -0.146. The molecular weight excluding hydrogens is 652 g/mol. The number of hydrogen-bond acceptors (Lipinski definition) is 9. The predicted octanol–water partition coefficient (Wildman–Crippen LogP) is 1.93. The number of nitrogens with two attached hydrogens (primary N) is 1. The van der Waals surface area contributed by atoms with E-state index in [-0.39, 0.29) is 60.5 Å². The Morgan fingerprint density at radius 2 is 1.69 bits per heavy atom. The monoisotopic (exact) mass is 721 g/mol. The summed E-state index contributed by atoms with van der Waals surface area (Å²) in [5.41, 5.74) is 5.91. The van der Waals surface area contributed by atoms with Crippen molar-refractivity contribution in [3.63, 3.8) is 0 Å². The van der Waals surface area contributed by atoms with Gasteiger partial charge in [-0.2, -0.15) is 0 Å². The molecule has 1 fully saturated rings. The van der Waals surface area contributed by atoms with Crippen LogP contribution in [0, 0.1) is 23.2 Å². The van der Waals surface area contributed by atoms with Gasteiger partial charge in [-0.3, -0.25) is 24.1 Å². The zero-order valence-corrected chi connectivity index (χ0v) is 33.2. The Morgan fingerprint density at radius 3 is 2.20 bits per heavy atom. The van der Waals surface area contributed by atoms with Gasteiger partial charge in [0.2, 0.25) is 23.6 Å². The maximum atomic E-state index is 14.1. The number of carbonyl (C=O) groups is 4. The van der Waals surface area contributed by atoms with Crippen LogP contribution in [-0.2, 0) is 28.7 Å². The number of likely N-dealkylation sites (N-methyl/N-ethyl adjacent to an activating group) is 2. The molecule has 292 valence electrons. The molecule has 13 nitrogen and oxygen atoms in total. The van der Waals surface area contributed by atoms with Crippen molar-refractivity contribution in [1.82, 2.24) is 25.3 Å². The van der Waals surface area contributed by atoms with Gasteiger partial charge in [0.25, 0.3) is 0 Å². The Labute approximate surface area is 306 Å². The number of aliphatic hydroxyl groups is 1. The van der Waals surface area contributed by atoms with Crippen LogP contribution >= 0.6 is 0 Å². The number of allylic oxidation sites excluding steroid dienone is 3. The van der Waals surface area contributed by atoms with E-state index in [1.165, 1.54) is 14.2 Å². The summed E-state index contributed by atoms with van der Waals surface area (Å²) in [7, 11) is 8.41. The van der Waals surface area contributed by atoms with E-state index >= 15 is 0 Å². The first kappa shape index (κ1) is 44.3. The Kier molecular flexibility index (Phi) is 17.2. The molecular formula is C38H68N6O7. The summed E-state index contributed by atoms with van der Waals surface area (Å²) in [5.74, 6) is -1.62. The molecule has 1 aliphatic carbocycles. The van der Waals surface area contributed by atoms with E-state index in [9.17, 15) is 24.3 Å². The molecule has 2 rings (SSSR count). The fourth-order valence-corrected chi connectivity index (χ4v) is 7.87. The van der Waals surface area contributed by atoms with Crippen LogP contribution < -0.4 is 16.4 Å². The van der Waals surface area contributed by atoms with E-state index in [1.807, 2.05) is 77.9 Å². The number of methoxy groups -OCH3 is 2. The van der Waals surface area contributed by atoms with Crippen LogP contribution in [0.1, 0.15) is 74.1 Å². The van der Waals surface area contributed by atoms with Gasteiger partial charge >= 0.3 is 0 Å². The molecule has 0 saturated carbocycles. The van der Waals surface area contributed by atoms with Gasteiger partial charge in [0.15, 0.2) is 0 Å². The second-order valence-corrected chi connectivity index (χ2v) is 15.6. The van der Waals surface area contributed by atoms with Crippen LogP contribution in [0.15, 0.2) is 24.3 Å². The largest absolute Gasteiger partial charge is 0.390 e. The van der Waals surface area contributed by atoms with Crippen molar-refractivity contribution in [2.45, 2.75) is 123 Å². The van der Waals surface area contributed by atoms with Crippen LogP contribution in [0.4, 0.5) is 0 Å². The van der Waals surface area contributed by atoms with Gasteiger partial charge in [-0.1, -0.05) is 72.3 Å². The molecule has 51 heavy (non-hydrogen) atoms. The lowest BCUT2D eigenvalue weighted by Crippen LogP contribution is -2.55. The Balaban J connectivity index is 2.19. The minimum Gasteiger partial charge on any atom is -0.390 e. The molecule has 13 heteroatoms. The quantitative estimate of drug-likeness (QED) is 0.156. The van der Waals surface area contributed by atoms with Crippen LogP contribution in [0.5, 0.6) is 0 Å². The lowest BCUT2D eigenvalue weighted by Gasteiger charge is -2.39. The molecule has 1 saturated heterocycles. The maximum Gasteiger partial charge on any atom is 0.242 e. The number of amides is 4. The van der Waals surface area contributed by atoms with Gasteiger partial charge in [0, 0.05) is 39.3 Å². The predicted molar refractivity (Wildman–Crippen MR) is 199 cm³/mol. The van der Waals surface area contributed by atoms with Crippen LogP contribution in [0.25, 0.3) is 0 Å². The summed E-state index contributed by atoms with van der Waals surface area (Å²) in [6.45, 7) is 13.6. The Bertz CT molecular complexity index is 1220. The van der Waals surface area contributed by atoms with Crippen molar-refractivity contribution in [2.24, 2.45) is 28.9 Å². The number of rotatable bonds is 19. The van der Waals surface area contributed by atoms with Crippen molar-refractivity contribution < 1.29 is 33.8 Å². The summed E-state index contributed by atoms with van der Waals surface area (Å²) in [5, 5.41) is 16.9. The molecule has 0 bridgehead atoms. The van der Waals surface area contributed by atoms with Crippen molar-refractivity contribution in [3.05, 3.63) is 24.3 Å². The third-order valence-electron chi connectivity index (χ3n) is 11.1. The second kappa shape index (κ2) is 19.8. The molecule has 11 unspecified atom stereocenters. The number of carbonyl (C=O) groups excluding carboxylic acids is 4. The molecule has 4 amide bonds. The van der Waals surface area contributed by atoms with Crippen molar-refractivity contribution >= 4 is 23.6 Å². The Hall–Kier alpha value is -2.84. The van der Waals surface area contributed by atoms with Gasteiger partial charge in [-0.05, 0) is 45.7 Å². The maximum absolute atomic E-state index is 14.1. The molecule has 1 aliphatic heterocycles. The van der Waals surface area contributed by atoms with E-state index in [4.69, 9.17) is 15.2 Å². The highest BCUT2D eigenvalue weighted by Crippen LogP contribution is 2.33. The molecule has 1 heterocycles. The number of nitrogens with zero attached hydrogens (tertiary/aromatic N) is 3. The Morgan fingerprint density at radius 1 is 1.04 bits per heavy atom. The highest BCUT2D eigenvalue weighted by atomic mass is 16.5. The van der Waals surface area contributed by atoms with Gasteiger partial charge < -0.3 is 40.7 Å². The zero-order chi connectivity index (χ0) is 38.8. The van der Waals surface area contributed by atoms with Gasteiger partial charge in [-0.25, -0.2) is 0 Å². The van der Waals surface area contributed by atoms with E-state index in [0.717, 1.165) is 6.42 Å². The van der Waals surface area contributed by atoms with Gasteiger partial charge in [0.1, 0.15) is 0 Å². The summed E-state index contributed by atoms with van der Waals surface area (Å²) < 4.78 is 11.8. The number of hydrogen-bond donors (Lipinski definition) is 4. The summed E-state index contributed by atoms with van der Waals surface area (Å²) >= 11 is 0. The average molecular weight is 721 g/mol. The second-order valence-electron chi connectivity index (χ2n) is 15.6. The van der Waals surface area contributed by atoms with Crippen molar-refractivity contribution in [1.29, 1.82) is 0 Å². The van der Waals surface area contributed by atoms with E-state index in [2.05, 4.69) is 10.6 Å². The average Bonchev–Trinajstić information content (AvgIpc) is 3.47. The number of likely N-dealkylation sites (tertiary alicyclic amines) is 1. The molecule has 0 aromatic heterocycles. The zero-order valence-electron chi connectivity index (χ0n) is 33.2. The van der Waals surface area contributed by atoms with Crippen LogP contribution in [-0.4, -0.2) is 140 Å². The highest BCUT2D eigenvalue weighted by Gasteiger charge is 2.45. The normalized spacial score (nSPS) is 25.1. The summed E-state index contributed by atoms with van der Waals surface area (Å²) in [6, 6.07) is -2.14. The fraction of sp³-hybridized carbons (Fsp3) is 0.789. The topological polar surface area (TPSA) is 167 Å². The first-order valence-electron chi connectivity index (χ1n) is 18.5. The number of aliphatic hydroxyl groups excluding tert-OH is 1. The minimum absolute atomic E-state index is 0.0183. The van der Waals surface area contributed by atoms with E-state index < -0.39 is 47.8 Å². The third-order valence-corrected chi connectivity index (χ3v) is 11.1. The first-order chi connectivity index (χ1) is 23.8. The van der Waals surface area contributed by atoms with Crippen molar-refractivity contribution in [3.8, 4) is 0 Å². The van der Waals surface area contributed by atoms with E-state index in [0.29, 0.717) is 19.4 Å². The first-order valence-corrected chi connectivity index (χ1v) is 18.5. The minimum atomic E-state index is -0.811. The molecule has 0 spiro atoms. The summed E-state index contributed by atoms with van der Waals surface area (Å²) in [6.07, 6.45) is 7.52. The van der Waals surface area contributed by atoms with Crippen LogP contribution in [0.2, 0.25) is 0 Å². The van der Waals surface area contributed by atoms with Gasteiger partial charge in [-0.15, -0.1) is 0 Å². The van der Waals surface area contributed by atoms with Gasteiger partial charge in [0.05, 0.1) is 61.4 Å². The lowest BCUT2D eigenvalue weighted by atomic mass is 9.76. The molecule has 0 radical (unpaired) electrons.